The van der Waals surface area contributed by atoms with Gasteiger partial charge in [0.1, 0.15) is 11.2 Å². The molecule has 0 aliphatic heterocycles. The van der Waals surface area contributed by atoms with Crippen LogP contribution in [0.3, 0.4) is 0 Å². The standard InChI is InChI=1S/C43H27N3O/c1-3-11-28(12-4-1)30-15-9-16-31(25-30)32-21-22-34-27-35(24-23-33(34)26-32)42-44-41(29-13-5-2-6-14-29)45-43(46-42)37-18-10-20-39-40(37)36-17-7-8-19-38(36)47-39/h1-27H/i21D,22D,23D,24D,26D,27D. The van der Waals surface area contributed by atoms with E-state index in [0.29, 0.717) is 33.7 Å². The van der Waals surface area contributed by atoms with Crippen molar-refractivity contribution in [1.82, 2.24) is 15.0 Å². The smallest absolute Gasteiger partial charge is 0.164 e. The summed E-state index contributed by atoms with van der Waals surface area (Å²) in [5.74, 6) is 0.544. The van der Waals surface area contributed by atoms with Crippen LogP contribution in [0.1, 0.15) is 8.22 Å². The van der Waals surface area contributed by atoms with E-state index < -0.39 is 0 Å². The van der Waals surface area contributed by atoms with Crippen LogP contribution in [0.15, 0.2) is 168 Å². The fourth-order valence-electron chi connectivity index (χ4n) is 5.90. The van der Waals surface area contributed by atoms with Crippen molar-refractivity contribution in [2.24, 2.45) is 0 Å². The summed E-state index contributed by atoms with van der Waals surface area (Å²) < 4.78 is 61.6. The van der Waals surface area contributed by atoms with Crippen LogP contribution in [0.25, 0.3) is 89.1 Å². The molecule has 0 spiro atoms. The van der Waals surface area contributed by atoms with E-state index in [2.05, 4.69) is 0 Å². The van der Waals surface area contributed by atoms with E-state index in [9.17, 15) is 5.48 Å². The van der Waals surface area contributed by atoms with Gasteiger partial charge in [-0.2, -0.15) is 0 Å². The van der Waals surface area contributed by atoms with Crippen LogP contribution in [0, 0.1) is 0 Å². The lowest BCUT2D eigenvalue weighted by Gasteiger charge is -2.11. The predicted molar refractivity (Wildman–Crippen MR) is 192 cm³/mol. The Morgan fingerprint density at radius 3 is 1.77 bits per heavy atom. The Bertz CT molecular complexity index is 2910. The van der Waals surface area contributed by atoms with Crippen LogP contribution in [0.2, 0.25) is 0 Å². The lowest BCUT2D eigenvalue weighted by Crippen LogP contribution is -2.00. The third kappa shape index (κ3) is 4.93. The quantitative estimate of drug-likeness (QED) is 0.195. The lowest BCUT2D eigenvalue weighted by atomic mass is 9.96. The first-order valence-electron chi connectivity index (χ1n) is 18.2. The zero-order valence-corrected chi connectivity index (χ0v) is 24.9. The van der Waals surface area contributed by atoms with E-state index in [4.69, 9.17) is 22.1 Å². The molecule has 0 N–H and O–H groups in total. The monoisotopic (exact) mass is 607 g/mol. The summed E-state index contributed by atoms with van der Waals surface area (Å²) in [5.41, 5.74) is 5.12. The first kappa shape index (κ1) is 21.4. The van der Waals surface area contributed by atoms with Crippen molar-refractivity contribution in [3.8, 4) is 56.4 Å². The molecule has 220 valence electrons. The molecular weight excluding hydrogens is 574 g/mol. The van der Waals surface area contributed by atoms with Crippen LogP contribution in [0.4, 0.5) is 0 Å². The average molecular weight is 608 g/mol. The third-order valence-corrected chi connectivity index (χ3v) is 8.17. The Hall–Kier alpha value is -6.39. The molecule has 9 rings (SSSR count). The number of fused-ring (bicyclic) bond motifs is 4. The maximum Gasteiger partial charge on any atom is 0.164 e. The Morgan fingerprint density at radius 2 is 0.979 bits per heavy atom. The molecule has 47 heavy (non-hydrogen) atoms. The van der Waals surface area contributed by atoms with Crippen molar-refractivity contribution in [1.29, 1.82) is 0 Å². The average Bonchev–Trinajstić information content (AvgIpc) is 3.58. The molecule has 0 radical (unpaired) electrons. The maximum absolute atomic E-state index is 9.43. The molecule has 9 aromatic rings. The summed E-state index contributed by atoms with van der Waals surface area (Å²) in [5, 5.41) is 1.55. The number of hydrogen-bond donors (Lipinski definition) is 0. The summed E-state index contributed by atoms with van der Waals surface area (Å²) in [6.45, 7) is 0. The van der Waals surface area contributed by atoms with Crippen molar-refractivity contribution < 1.29 is 12.6 Å². The van der Waals surface area contributed by atoms with Gasteiger partial charge in [-0.15, -0.1) is 0 Å². The molecule has 4 heteroatoms. The molecular formula is C43H27N3O. The number of nitrogens with zero attached hydrogens (tertiary/aromatic N) is 3. The van der Waals surface area contributed by atoms with Gasteiger partial charge in [-0.25, -0.2) is 15.0 Å². The highest BCUT2D eigenvalue weighted by Crippen LogP contribution is 2.37. The van der Waals surface area contributed by atoms with Gasteiger partial charge in [-0.1, -0.05) is 133 Å². The highest BCUT2D eigenvalue weighted by molar-refractivity contribution is 6.11. The zero-order chi connectivity index (χ0) is 36.4. The Morgan fingerprint density at radius 1 is 0.426 bits per heavy atom. The van der Waals surface area contributed by atoms with Gasteiger partial charge in [0, 0.05) is 27.5 Å². The number of benzene rings is 7. The molecule has 0 saturated carbocycles. The molecule has 0 aliphatic rings. The first-order valence-corrected chi connectivity index (χ1v) is 15.2. The molecule has 0 amide bonds. The summed E-state index contributed by atoms with van der Waals surface area (Å²) >= 11 is 0. The van der Waals surface area contributed by atoms with E-state index in [0.717, 1.165) is 21.9 Å². The highest BCUT2D eigenvalue weighted by Gasteiger charge is 2.18. The van der Waals surface area contributed by atoms with Crippen molar-refractivity contribution in [2.75, 3.05) is 0 Å². The fourth-order valence-corrected chi connectivity index (χ4v) is 5.90. The second-order valence-corrected chi connectivity index (χ2v) is 11.1. The second kappa shape index (κ2) is 11.2. The van der Waals surface area contributed by atoms with Gasteiger partial charge in [0.15, 0.2) is 17.5 Å². The molecule has 0 fully saturated rings. The Kier molecular flexibility index (Phi) is 5.09. The van der Waals surface area contributed by atoms with Gasteiger partial charge in [-0.3, -0.25) is 0 Å². The van der Waals surface area contributed by atoms with Gasteiger partial charge < -0.3 is 4.42 Å². The van der Waals surface area contributed by atoms with Gasteiger partial charge in [-0.05, 0) is 63.3 Å². The van der Waals surface area contributed by atoms with Crippen LogP contribution in [0.5, 0.6) is 0 Å². The van der Waals surface area contributed by atoms with Crippen LogP contribution >= 0.6 is 0 Å². The van der Waals surface area contributed by atoms with Crippen molar-refractivity contribution in [2.45, 2.75) is 0 Å². The molecule has 0 atom stereocenters. The maximum atomic E-state index is 9.43. The van der Waals surface area contributed by atoms with Gasteiger partial charge >= 0.3 is 0 Å². The predicted octanol–water partition coefficient (Wildman–Crippen LogP) is 11.3. The second-order valence-electron chi connectivity index (χ2n) is 11.1. The number of aromatic nitrogens is 3. The molecule has 0 bridgehead atoms. The molecule has 0 saturated heterocycles. The van der Waals surface area contributed by atoms with Crippen molar-refractivity contribution in [3.05, 3.63) is 164 Å². The van der Waals surface area contributed by atoms with Gasteiger partial charge in [0.2, 0.25) is 0 Å². The molecule has 4 nitrogen and oxygen atoms in total. The lowest BCUT2D eigenvalue weighted by molar-refractivity contribution is 0.669. The van der Waals surface area contributed by atoms with E-state index in [1.165, 1.54) is 0 Å². The number of rotatable bonds is 5. The van der Waals surface area contributed by atoms with Gasteiger partial charge in [0.25, 0.3) is 0 Å². The van der Waals surface area contributed by atoms with E-state index in [1.807, 2.05) is 121 Å². The van der Waals surface area contributed by atoms with E-state index >= 15 is 0 Å². The first-order chi connectivity index (χ1) is 25.8. The minimum Gasteiger partial charge on any atom is -0.456 e. The normalized spacial score (nSPS) is 13.2. The van der Waals surface area contributed by atoms with Crippen LogP contribution in [-0.4, -0.2) is 15.0 Å². The SMILES string of the molecule is [2H]c1c(-c2nc(-c3ccccc3)nc(-c3cccc4oc5ccccc5c34)n2)c([2H])c2c([2H])c([2H])c(-c3cccc(-c4ccccc4)c3)c([2H])c2c1[2H]. The molecule has 7 aromatic carbocycles. The largest absolute Gasteiger partial charge is 0.456 e. The molecule has 0 aliphatic carbocycles. The fraction of sp³-hybridized carbons (Fsp3) is 0. The molecule has 0 unspecified atom stereocenters. The van der Waals surface area contributed by atoms with Crippen molar-refractivity contribution >= 4 is 32.7 Å². The number of hydrogen-bond acceptors (Lipinski definition) is 4. The molecule has 2 aromatic heterocycles. The Labute approximate surface area is 280 Å². The zero-order valence-electron chi connectivity index (χ0n) is 30.9. The topological polar surface area (TPSA) is 51.8 Å². The van der Waals surface area contributed by atoms with Crippen molar-refractivity contribution in [3.63, 3.8) is 0 Å². The minimum absolute atomic E-state index is 0.0267. The van der Waals surface area contributed by atoms with Crippen LogP contribution < -0.4 is 0 Å². The summed E-state index contributed by atoms with van der Waals surface area (Å²) in [6, 6.07) is 37.9. The summed E-state index contributed by atoms with van der Waals surface area (Å²) in [6.07, 6.45) is 0. The number of para-hydroxylation sites is 1. The van der Waals surface area contributed by atoms with Crippen LogP contribution in [-0.2, 0) is 0 Å². The number of furan rings is 1. The Balaban J connectivity index is 1.29. The van der Waals surface area contributed by atoms with E-state index in [1.54, 1.807) is 6.07 Å². The highest BCUT2D eigenvalue weighted by atomic mass is 16.3. The van der Waals surface area contributed by atoms with E-state index in [-0.39, 0.29) is 69.8 Å². The molecule has 2 heterocycles. The van der Waals surface area contributed by atoms with Gasteiger partial charge in [0.05, 0.1) is 8.22 Å². The summed E-state index contributed by atoms with van der Waals surface area (Å²) in [4.78, 5) is 14.5. The minimum atomic E-state index is -0.361. The summed E-state index contributed by atoms with van der Waals surface area (Å²) in [7, 11) is 0. The third-order valence-electron chi connectivity index (χ3n) is 8.17.